The Bertz CT molecular complexity index is 1310. The fourth-order valence-electron chi connectivity index (χ4n) is 3.42. The molecule has 4 N–H and O–H groups in total. The van der Waals surface area contributed by atoms with Gasteiger partial charge in [-0.15, -0.1) is 5.10 Å². The number of nitrogens with two attached hydrogens (primary N) is 1. The minimum Gasteiger partial charge on any atom is -0.461 e. The van der Waals surface area contributed by atoms with Gasteiger partial charge in [0.2, 0.25) is 11.8 Å². The highest BCUT2D eigenvalue weighted by molar-refractivity contribution is 5.90. The van der Waals surface area contributed by atoms with Gasteiger partial charge in [-0.3, -0.25) is 0 Å². The van der Waals surface area contributed by atoms with E-state index in [1.165, 1.54) is 15.5 Å². The molecule has 10 nitrogen and oxygen atoms in total. The van der Waals surface area contributed by atoms with Gasteiger partial charge in [0.15, 0.2) is 23.3 Å². The molecule has 5 aromatic rings. The lowest BCUT2D eigenvalue weighted by molar-refractivity contribution is -0.107. The number of furan rings is 1. The summed E-state index contributed by atoms with van der Waals surface area (Å²) in [6.07, 6.45) is 1.34. The van der Waals surface area contributed by atoms with Crippen molar-refractivity contribution >= 4 is 22.6 Å². The standard InChI is InChI=1S/C19H17N7O3/c1-19(17(27)28,11-6-3-2-4-7-11)26-16-12(10-21-26)15-22-14(13-8-5-9-29-13)24-25(15)18(20)23-16/h2-10,17,27-28H,1H3,(H2,20,23). The maximum absolute atomic E-state index is 10.3. The highest BCUT2D eigenvalue weighted by Gasteiger charge is 2.39. The first-order valence-corrected chi connectivity index (χ1v) is 8.86. The highest BCUT2D eigenvalue weighted by atomic mass is 16.5. The molecule has 29 heavy (non-hydrogen) atoms. The number of anilines is 1. The van der Waals surface area contributed by atoms with Gasteiger partial charge in [0, 0.05) is 0 Å². The Morgan fingerprint density at radius 2 is 1.86 bits per heavy atom. The maximum atomic E-state index is 10.3. The van der Waals surface area contributed by atoms with Crippen molar-refractivity contribution in [3.05, 3.63) is 60.5 Å². The normalized spacial score (nSPS) is 14.1. The third-order valence-corrected chi connectivity index (χ3v) is 5.07. The van der Waals surface area contributed by atoms with E-state index < -0.39 is 11.8 Å². The molecule has 0 saturated heterocycles. The Morgan fingerprint density at radius 1 is 1.07 bits per heavy atom. The van der Waals surface area contributed by atoms with Gasteiger partial charge < -0.3 is 20.4 Å². The number of rotatable bonds is 4. The van der Waals surface area contributed by atoms with Crippen LogP contribution in [0.5, 0.6) is 0 Å². The molecular formula is C19H17N7O3. The molecule has 146 valence electrons. The lowest BCUT2D eigenvalue weighted by atomic mass is 9.91. The summed E-state index contributed by atoms with van der Waals surface area (Å²) in [6, 6.07) is 12.5. The molecule has 0 bridgehead atoms. The molecule has 0 radical (unpaired) electrons. The molecule has 0 fully saturated rings. The van der Waals surface area contributed by atoms with Gasteiger partial charge in [-0.25, -0.2) is 9.67 Å². The van der Waals surface area contributed by atoms with Crippen LogP contribution in [0.4, 0.5) is 5.95 Å². The van der Waals surface area contributed by atoms with Crippen LogP contribution in [0.1, 0.15) is 12.5 Å². The third kappa shape index (κ3) is 2.43. The van der Waals surface area contributed by atoms with E-state index in [4.69, 9.17) is 10.2 Å². The zero-order chi connectivity index (χ0) is 20.2. The fourth-order valence-corrected chi connectivity index (χ4v) is 3.42. The Morgan fingerprint density at radius 3 is 2.55 bits per heavy atom. The fraction of sp³-hybridized carbons (Fsp3) is 0.158. The summed E-state index contributed by atoms with van der Waals surface area (Å²) >= 11 is 0. The molecule has 0 spiro atoms. The SMILES string of the molecule is CC(c1ccccc1)(C(O)O)n1ncc2c1nc(N)n1nc(-c3ccco3)nc21. The number of aromatic nitrogens is 6. The predicted molar refractivity (Wildman–Crippen MR) is 104 cm³/mol. The van der Waals surface area contributed by atoms with Gasteiger partial charge in [0.1, 0.15) is 5.54 Å². The molecule has 0 aliphatic rings. The quantitative estimate of drug-likeness (QED) is 0.390. The average Bonchev–Trinajstić information content (AvgIpc) is 3.46. The van der Waals surface area contributed by atoms with E-state index in [0.717, 1.165) is 0 Å². The predicted octanol–water partition coefficient (Wildman–Crippen LogP) is 1.39. The Labute approximate surface area is 163 Å². The minimum absolute atomic E-state index is 0.0856. The minimum atomic E-state index is -1.75. The van der Waals surface area contributed by atoms with Crippen LogP contribution in [0.3, 0.4) is 0 Å². The summed E-state index contributed by atoms with van der Waals surface area (Å²) in [7, 11) is 0. The zero-order valence-corrected chi connectivity index (χ0v) is 15.3. The highest BCUT2D eigenvalue weighted by Crippen LogP contribution is 2.33. The van der Waals surface area contributed by atoms with Crippen molar-refractivity contribution in [1.29, 1.82) is 0 Å². The van der Waals surface area contributed by atoms with Crippen LogP contribution in [0.25, 0.3) is 28.3 Å². The first-order valence-electron chi connectivity index (χ1n) is 8.86. The van der Waals surface area contributed by atoms with Gasteiger partial charge in [0.05, 0.1) is 17.8 Å². The van der Waals surface area contributed by atoms with E-state index in [1.807, 2.05) is 18.2 Å². The van der Waals surface area contributed by atoms with Crippen LogP contribution in [-0.4, -0.2) is 45.9 Å². The Kier molecular flexibility index (Phi) is 3.66. The molecule has 1 unspecified atom stereocenters. The van der Waals surface area contributed by atoms with Crippen LogP contribution < -0.4 is 5.73 Å². The lowest BCUT2D eigenvalue weighted by Crippen LogP contribution is -2.44. The van der Waals surface area contributed by atoms with E-state index in [0.29, 0.717) is 33.8 Å². The number of fused-ring (bicyclic) bond motifs is 3. The lowest BCUT2D eigenvalue weighted by Gasteiger charge is -2.32. The summed E-state index contributed by atoms with van der Waals surface area (Å²) < 4.78 is 8.21. The number of aliphatic hydroxyl groups is 2. The first kappa shape index (κ1) is 17.3. The molecule has 0 saturated carbocycles. The molecular weight excluding hydrogens is 374 g/mol. The monoisotopic (exact) mass is 391 g/mol. The number of hydrogen-bond acceptors (Lipinski definition) is 8. The van der Waals surface area contributed by atoms with E-state index in [2.05, 4.69) is 20.2 Å². The number of benzene rings is 1. The van der Waals surface area contributed by atoms with Crippen LogP contribution >= 0.6 is 0 Å². The number of nitrogen functional groups attached to an aromatic ring is 1. The van der Waals surface area contributed by atoms with Gasteiger partial charge in [-0.1, -0.05) is 30.3 Å². The first-order chi connectivity index (χ1) is 14.0. The van der Waals surface area contributed by atoms with Gasteiger partial charge in [-0.2, -0.15) is 14.6 Å². The molecule has 10 heteroatoms. The Balaban J connectivity index is 1.78. The second kappa shape index (κ2) is 6.12. The van der Waals surface area contributed by atoms with E-state index in [9.17, 15) is 10.2 Å². The van der Waals surface area contributed by atoms with E-state index in [1.54, 1.807) is 37.4 Å². The molecule has 4 heterocycles. The molecule has 0 aliphatic heterocycles. The van der Waals surface area contributed by atoms with Crippen molar-refractivity contribution in [2.24, 2.45) is 0 Å². The van der Waals surface area contributed by atoms with Crippen LogP contribution in [-0.2, 0) is 5.54 Å². The summed E-state index contributed by atoms with van der Waals surface area (Å²) in [5.74, 6) is 0.938. The van der Waals surface area contributed by atoms with Gasteiger partial charge in [0.25, 0.3) is 0 Å². The van der Waals surface area contributed by atoms with Crippen LogP contribution in [0.2, 0.25) is 0 Å². The van der Waals surface area contributed by atoms with Gasteiger partial charge >= 0.3 is 0 Å². The maximum Gasteiger partial charge on any atom is 0.225 e. The zero-order valence-electron chi connectivity index (χ0n) is 15.3. The van der Waals surface area contributed by atoms with Crippen molar-refractivity contribution < 1.29 is 14.6 Å². The van der Waals surface area contributed by atoms with Crippen molar-refractivity contribution in [1.82, 2.24) is 29.4 Å². The molecule has 0 aliphatic carbocycles. The van der Waals surface area contributed by atoms with E-state index >= 15 is 0 Å². The van der Waals surface area contributed by atoms with Crippen LogP contribution in [0.15, 0.2) is 59.3 Å². The van der Waals surface area contributed by atoms with Crippen LogP contribution in [0, 0.1) is 0 Å². The van der Waals surface area contributed by atoms with E-state index in [-0.39, 0.29) is 5.95 Å². The molecule has 1 atom stereocenters. The van der Waals surface area contributed by atoms with Crippen molar-refractivity contribution in [2.75, 3.05) is 5.73 Å². The summed E-state index contributed by atoms with van der Waals surface area (Å²) in [6.45, 7) is 1.67. The third-order valence-electron chi connectivity index (χ3n) is 5.07. The Hall–Kier alpha value is -3.76. The topological polar surface area (TPSA) is 141 Å². The van der Waals surface area contributed by atoms with Crippen molar-refractivity contribution in [3.63, 3.8) is 0 Å². The van der Waals surface area contributed by atoms with Crippen molar-refractivity contribution in [2.45, 2.75) is 18.8 Å². The number of hydrogen-bond donors (Lipinski definition) is 3. The summed E-state index contributed by atoms with van der Waals surface area (Å²) in [4.78, 5) is 8.94. The smallest absolute Gasteiger partial charge is 0.225 e. The second-order valence-electron chi connectivity index (χ2n) is 6.80. The summed E-state index contributed by atoms with van der Waals surface area (Å²) in [5.41, 5.74) is 6.27. The average molecular weight is 391 g/mol. The largest absolute Gasteiger partial charge is 0.461 e. The molecule has 0 amide bonds. The van der Waals surface area contributed by atoms with Crippen molar-refractivity contribution in [3.8, 4) is 11.6 Å². The second-order valence-corrected chi connectivity index (χ2v) is 6.80. The molecule has 4 aromatic heterocycles. The number of nitrogens with zero attached hydrogens (tertiary/aromatic N) is 6. The van der Waals surface area contributed by atoms with Gasteiger partial charge in [-0.05, 0) is 24.6 Å². The number of aliphatic hydroxyl groups excluding tert-OH is 1. The molecule has 5 rings (SSSR count). The molecule has 1 aromatic carbocycles. The summed E-state index contributed by atoms with van der Waals surface area (Å²) in [5, 5.41) is 29.8.